The number of benzene rings is 3. The Morgan fingerprint density at radius 1 is 0.917 bits per heavy atom. The van der Waals surface area contributed by atoms with Gasteiger partial charge in [0, 0.05) is 11.1 Å². The highest BCUT2D eigenvalue weighted by molar-refractivity contribution is 5.98. The predicted octanol–water partition coefficient (Wildman–Crippen LogP) is 4.29. The fourth-order valence-electron chi connectivity index (χ4n) is 2.60. The van der Waals surface area contributed by atoms with Gasteiger partial charge in [-0.3, -0.25) is 4.79 Å². The Labute approximate surface area is 141 Å². The minimum Gasteiger partial charge on any atom is -0.492 e. The molecule has 0 bridgehead atoms. The van der Waals surface area contributed by atoms with E-state index in [9.17, 15) is 4.79 Å². The zero-order valence-corrected chi connectivity index (χ0v) is 13.6. The molecule has 0 saturated carbocycles. The van der Waals surface area contributed by atoms with Crippen LogP contribution in [-0.2, 0) is 4.79 Å². The molecular weight excluding hydrogens is 300 g/mol. The van der Waals surface area contributed by atoms with Crippen molar-refractivity contribution in [2.45, 2.75) is 6.92 Å². The van der Waals surface area contributed by atoms with Crippen molar-refractivity contribution in [2.75, 3.05) is 23.8 Å². The van der Waals surface area contributed by atoms with Crippen LogP contribution in [-0.4, -0.2) is 19.1 Å². The molecule has 1 amide bonds. The Morgan fingerprint density at radius 2 is 1.62 bits per heavy atom. The van der Waals surface area contributed by atoms with E-state index < -0.39 is 0 Å². The van der Waals surface area contributed by atoms with Gasteiger partial charge in [0.05, 0.1) is 18.8 Å². The van der Waals surface area contributed by atoms with Gasteiger partial charge in [-0.15, -0.1) is 0 Å². The fourth-order valence-corrected chi connectivity index (χ4v) is 2.60. The molecule has 0 aliphatic heterocycles. The van der Waals surface area contributed by atoms with Crippen LogP contribution in [0, 0.1) is 0 Å². The van der Waals surface area contributed by atoms with Crippen LogP contribution >= 0.6 is 0 Å². The average molecular weight is 320 g/mol. The summed E-state index contributed by atoms with van der Waals surface area (Å²) in [6.07, 6.45) is 0. The minimum absolute atomic E-state index is 0.116. The molecule has 3 aromatic rings. The second kappa shape index (κ2) is 7.51. The van der Waals surface area contributed by atoms with E-state index in [0.717, 1.165) is 16.5 Å². The quantitative estimate of drug-likeness (QED) is 0.712. The van der Waals surface area contributed by atoms with Gasteiger partial charge in [0.1, 0.15) is 5.75 Å². The Bertz CT molecular complexity index is 840. The molecule has 122 valence electrons. The van der Waals surface area contributed by atoms with E-state index in [1.807, 2.05) is 61.5 Å². The third-order valence-corrected chi connectivity index (χ3v) is 3.69. The third kappa shape index (κ3) is 3.66. The Morgan fingerprint density at radius 3 is 2.50 bits per heavy atom. The van der Waals surface area contributed by atoms with Crippen LogP contribution in [0.15, 0.2) is 66.7 Å². The SMILES string of the molecule is CCOc1ccccc1NC(=O)CNc1cccc2ccccc12. The van der Waals surface area contributed by atoms with Crippen molar-refractivity contribution >= 4 is 28.1 Å². The molecule has 2 N–H and O–H groups in total. The second-order valence-electron chi connectivity index (χ2n) is 5.36. The van der Waals surface area contributed by atoms with Crippen LogP contribution in [0.25, 0.3) is 10.8 Å². The number of fused-ring (bicyclic) bond motifs is 1. The van der Waals surface area contributed by atoms with Crippen molar-refractivity contribution < 1.29 is 9.53 Å². The minimum atomic E-state index is -0.116. The average Bonchev–Trinajstić information content (AvgIpc) is 2.62. The molecule has 3 aromatic carbocycles. The van der Waals surface area contributed by atoms with E-state index in [2.05, 4.69) is 22.8 Å². The van der Waals surface area contributed by atoms with Crippen molar-refractivity contribution in [2.24, 2.45) is 0 Å². The second-order valence-corrected chi connectivity index (χ2v) is 5.36. The summed E-state index contributed by atoms with van der Waals surface area (Å²) >= 11 is 0. The highest BCUT2D eigenvalue weighted by Crippen LogP contribution is 2.24. The fraction of sp³-hybridized carbons (Fsp3) is 0.150. The largest absolute Gasteiger partial charge is 0.492 e. The first-order valence-corrected chi connectivity index (χ1v) is 8.01. The van der Waals surface area contributed by atoms with Gasteiger partial charge in [0.25, 0.3) is 0 Å². The Balaban J connectivity index is 1.67. The summed E-state index contributed by atoms with van der Waals surface area (Å²) in [5, 5.41) is 8.34. The van der Waals surface area contributed by atoms with E-state index in [1.54, 1.807) is 0 Å². The smallest absolute Gasteiger partial charge is 0.243 e. The standard InChI is InChI=1S/C20H20N2O2/c1-2-24-19-13-6-5-11-18(19)22-20(23)14-21-17-12-7-9-15-8-3-4-10-16(15)17/h3-13,21H,2,14H2,1H3,(H,22,23). The predicted molar refractivity (Wildman–Crippen MR) is 98.7 cm³/mol. The van der Waals surface area contributed by atoms with Gasteiger partial charge in [-0.05, 0) is 30.5 Å². The number of carbonyl (C=O) groups is 1. The first-order chi connectivity index (χ1) is 11.8. The summed E-state index contributed by atoms with van der Waals surface area (Å²) in [5.74, 6) is 0.564. The topological polar surface area (TPSA) is 50.4 Å². The van der Waals surface area contributed by atoms with Crippen LogP contribution in [0.4, 0.5) is 11.4 Å². The molecule has 4 nitrogen and oxygen atoms in total. The molecule has 4 heteroatoms. The Kier molecular flexibility index (Phi) is 4.96. The molecule has 0 fully saturated rings. The maximum Gasteiger partial charge on any atom is 0.243 e. The number of ether oxygens (including phenoxy) is 1. The van der Waals surface area contributed by atoms with E-state index in [1.165, 1.54) is 0 Å². The van der Waals surface area contributed by atoms with Crippen LogP contribution in [0.5, 0.6) is 5.75 Å². The number of para-hydroxylation sites is 2. The lowest BCUT2D eigenvalue weighted by Crippen LogP contribution is -2.22. The number of hydrogen-bond acceptors (Lipinski definition) is 3. The number of anilines is 2. The van der Waals surface area contributed by atoms with Crippen molar-refractivity contribution in [3.05, 3.63) is 66.7 Å². The van der Waals surface area contributed by atoms with E-state index in [-0.39, 0.29) is 12.5 Å². The van der Waals surface area contributed by atoms with Gasteiger partial charge in [0.2, 0.25) is 5.91 Å². The molecule has 0 aliphatic rings. The summed E-state index contributed by atoms with van der Waals surface area (Å²) in [7, 11) is 0. The summed E-state index contributed by atoms with van der Waals surface area (Å²) in [6.45, 7) is 2.66. The molecule has 0 radical (unpaired) electrons. The maximum atomic E-state index is 12.2. The zero-order valence-electron chi connectivity index (χ0n) is 13.6. The zero-order chi connectivity index (χ0) is 16.8. The van der Waals surface area contributed by atoms with Gasteiger partial charge in [-0.2, -0.15) is 0 Å². The Hall–Kier alpha value is -3.01. The lowest BCUT2D eigenvalue weighted by Gasteiger charge is -2.13. The molecule has 3 rings (SSSR count). The van der Waals surface area contributed by atoms with Gasteiger partial charge < -0.3 is 15.4 Å². The van der Waals surface area contributed by atoms with Crippen LogP contribution in [0.2, 0.25) is 0 Å². The lowest BCUT2D eigenvalue weighted by molar-refractivity contribution is -0.114. The van der Waals surface area contributed by atoms with Crippen molar-refractivity contribution in [3.8, 4) is 5.75 Å². The molecule has 0 aliphatic carbocycles. The lowest BCUT2D eigenvalue weighted by atomic mass is 10.1. The monoisotopic (exact) mass is 320 g/mol. The molecule has 24 heavy (non-hydrogen) atoms. The van der Waals surface area contributed by atoms with E-state index in [0.29, 0.717) is 18.0 Å². The molecule has 0 unspecified atom stereocenters. The van der Waals surface area contributed by atoms with Gasteiger partial charge in [-0.1, -0.05) is 48.5 Å². The molecule has 0 atom stereocenters. The summed E-state index contributed by atoms with van der Waals surface area (Å²) in [4.78, 5) is 12.2. The van der Waals surface area contributed by atoms with Crippen LogP contribution in [0.3, 0.4) is 0 Å². The summed E-state index contributed by atoms with van der Waals surface area (Å²) in [5.41, 5.74) is 1.63. The molecule has 0 spiro atoms. The van der Waals surface area contributed by atoms with Crippen LogP contribution in [0.1, 0.15) is 6.92 Å². The molecule has 0 heterocycles. The van der Waals surface area contributed by atoms with Gasteiger partial charge in [-0.25, -0.2) is 0 Å². The normalized spacial score (nSPS) is 10.4. The third-order valence-electron chi connectivity index (χ3n) is 3.69. The molecule has 0 aromatic heterocycles. The van der Waals surface area contributed by atoms with Crippen molar-refractivity contribution in [1.29, 1.82) is 0 Å². The van der Waals surface area contributed by atoms with Gasteiger partial charge >= 0.3 is 0 Å². The summed E-state index contributed by atoms with van der Waals surface area (Å²) in [6, 6.07) is 21.5. The first-order valence-electron chi connectivity index (χ1n) is 8.01. The van der Waals surface area contributed by atoms with Crippen LogP contribution < -0.4 is 15.4 Å². The number of amides is 1. The maximum absolute atomic E-state index is 12.2. The first kappa shape index (κ1) is 15.9. The van der Waals surface area contributed by atoms with Gasteiger partial charge in [0.15, 0.2) is 0 Å². The highest BCUT2D eigenvalue weighted by Gasteiger charge is 2.08. The molecular formula is C20H20N2O2. The molecule has 0 saturated heterocycles. The highest BCUT2D eigenvalue weighted by atomic mass is 16.5. The van der Waals surface area contributed by atoms with Crippen molar-refractivity contribution in [3.63, 3.8) is 0 Å². The van der Waals surface area contributed by atoms with E-state index in [4.69, 9.17) is 4.74 Å². The number of hydrogen-bond donors (Lipinski definition) is 2. The number of nitrogens with one attached hydrogen (secondary N) is 2. The number of carbonyl (C=O) groups excluding carboxylic acids is 1. The van der Waals surface area contributed by atoms with Crippen molar-refractivity contribution in [1.82, 2.24) is 0 Å². The summed E-state index contributed by atoms with van der Waals surface area (Å²) < 4.78 is 5.52. The number of rotatable bonds is 6. The van der Waals surface area contributed by atoms with E-state index >= 15 is 0 Å².